The number of fused-ring (bicyclic) bond motifs is 3. The molecule has 0 amide bonds. The summed E-state index contributed by atoms with van der Waals surface area (Å²) in [5, 5.41) is 12.3. The molecule has 0 saturated heterocycles. The first-order valence-corrected chi connectivity index (χ1v) is 11.8. The Morgan fingerprint density at radius 1 is 0.760 bits per heavy atom. The Labute approximate surface area is 170 Å². The standard InChI is InChI=1S/C8H4N2S3.C8H7NS3/c1-3-11-7-5(1)9-10-13-6-2-4-12-8(6)7;9-5-1-3-11-7(5)8-6(10)2-4-12-8/h1-4H;1-4,10H,9H2. The van der Waals surface area contributed by atoms with E-state index in [-0.39, 0.29) is 0 Å². The quantitative estimate of drug-likeness (QED) is 0.235. The molecule has 0 aromatic carbocycles. The maximum absolute atomic E-state index is 5.78. The minimum Gasteiger partial charge on any atom is -0.398 e. The zero-order valence-corrected chi connectivity index (χ0v) is 17.6. The number of rotatable bonds is 1. The highest BCUT2D eigenvalue weighted by Gasteiger charge is 2.15. The van der Waals surface area contributed by atoms with E-state index in [2.05, 4.69) is 39.1 Å². The Kier molecular flexibility index (Phi) is 5.30. The summed E-state index contributed by atoms with van der Waals surface area (Å²) in [4.78, 5) is 7.09. The molecular weight excluding hydrogens is 427 g/mol. The van der Waals surface area contributed by atoms with E-state index in [1.807, 2.05) is 29.0 Å². The van der Waals surface area contributed by atoms with Gasteiger partial charge in [0.1, 0.15) is 5.69 Å². The lowest BCUT2D eigenvalue weighted by atomic mass is 10.3. The van der Waals surface area contributed by atoms with Crippen molar-refractivity contribution in [3.63, 3.8) is 0 Å². The second-order valence-corrected chi connectivity index (χ2v) is 9.79. The summed E-state index contributed by atoms with van der Waals surface area (Å²) in [5.74, 6) is 0. The van der Waals surface area contributed by atoms with E-state index in [1.165, 1.54) is 31.5 Å². The molecule has 0 fully saturated rings. The molecule has 0 aliphatic carbocycles. The van der Waals surface area contributed by atoms with Crippen molar-refractivity contribution in [2.24, 2.45) is 9.63 Å². The monoisotopic (exact) mass is 437 g/mol. The highest BCUT2D eigenvalue weighted by atomic mass is 32.2. The zero-order chi connectivity index (χ0) is 17.2. The second kappa shape index (κ2) is 7.65. The van der Waals surface area contributed by atoms with Gasteiger partial charge in [-0.3, -0.25) is 0 Å². The number of thiol groups is 1. The Hall–Kier alpha value is -1.10. The van der Waals surface area contributed by atoms with Crippen LogP contribution in [-0.2, 0) is 0 Å². The molecule has 0 unspecified atom stereocenters. The molecule has 126 valence electrons. The Morgan fingerprint density at radius 2 is 1.44 bits per heavy atom. The third kappa shape index (κ3) is 3.57. The van der Waals surface area contributed by atoms with Crippen molar-refractivity contribution >= 4 is 81.3 Å². The summed E-state index contributed by atoms with van der Waals surface area (Å²) in [7, 11) is 0. The molecule has 0 radical (unpaired) electrons. The fourth-order valence-electron chi connectivity index (χ4n) is 2.17. The van der Waals surface area contributed by atoms with Gasteiger partial charge in [0, 0.05) is 16.8 Å². The molecule has 5 heterocycles. The first kappa shape index (κ1) is 17.3. The molecule has 4 aromatic heterocycles. The van der Waals surface area contributed by atoms with Crippen LogP contribution in [0.25, 0.3) is 19.5 Å². The fraction of sp³-hybridized carbons (Fsp3) is 0. The number of nitrogen functional groups attached to an aromatic ring is 1. The number of hydrogen-bond donors (Lipinski definition) is 2. The third-order valence-corrected chi connectivity index (χ3v) is 8.66. The number of nitrogens with zero attached hydrogens (tertiary/aromatic N) is 2. The van der Waals surface area contributed by atoms with Crippen LogP contribution in [-0.4, -0.2) is 0 Å². The molecule has 5 rings (SSSR count). The van der Waals surface area contributed by atoms with Crippen molar-refractivity contribution in [3.05, 3.63) is 45.8 Å². The summed E-state index contributed by atoms with van der Waals surface area (Å²) >= 11 is 12.6. The van der Waals surface area contributed by atoms with Crippen molar-refractivity contribution in [3.8, 4) is 19.5 Å². The number of hydrogen-bond acceptors (Lipinski definition) is 9. The average Bonchev–Trinajstić information content (AvgIpc) is 3.36. The van der Waals surface area contributed by atoms with Crippen LogP contribution >= 0.6 is 69.9 Å². The molecule has 2 N–H and O–H groups in total. The molecule has 9 heteroatoms. The summed E-state index contributed by atoms with van der Waals surface area (Å²) in [6.07, 6.45) is 0. The van der Waals surface area contributed by atoms with Crippen molar-refractivity contribution in [2.75, 3.05) is 5.73 Å². The first-order valence-electron chi connectivity index (χ1n) is 7.07. The average molecular weight is 438 g/mol. The molecule has 1 aliphatic rings. The lowest BCUT2D eigenvalue weighted by molar-refractivity contribution is 1.36. The topological polar surface area (TPSA) is 50.7 Å². The van der Waals surface area contributed by atoms with Crippen LogP contribution in [0.5, 0.6) is 0 Å². The molecule has 25 heavy (non-hydrogen) atoms. The van der Waals surface area contributed by atoms with Gasteiger partial charge in [-0.05, 0) is 45.8 Å². The van der Waals surface area contributed by atoms with Gasteiger partial charge in [-0.15, -0.1) is 67.6 Å². The van der Waals surface area contributed by atoms with E-state index in [1.54, 1.807) is 45.3 Å². The molecule has 0 spiro atoms. The van der Waals surface area contributed by atoms with Gasteiger partial charge in [0.25, 0.3) is 0 Å². The molecule has 0 bridgehead atoms. The molecule has 3 nitrogen and oxygen atoms in total. The van der Waals surface area contributed by atoms with Gasteiger partial charge >= 0.3 is 0 Å². The Morgan fingerprint density at radius 3 is 2.20 bits per heavy atom. The van der Waals surface area contributed by atoms with Crippen molar-refractivity contribution < 1.29 is 0 Å². The largest absolute Gasteiger partial charge is 0.398 e. The highest BCUT2D eigenvalue weighted by molar-refractivity contribution is 7.98. The van der Waals surface area contributed by atoms with Crippen LogP contribution in [0, 0.1) is 0 Å². The van der Waals surface area contributed by atoms with Crippen LogP contribution in [0.4, 0.5) is 11.4 Å². The van der Waals surface area contributed by atoms with Gasteiger partial charge < -0.3 is 5.73 Å². The second-order valence-electron chi connectivity index (χ2n) is 4.86. The van der Waals surface area contributed by atoms with E-state index in [0.717, 1.165) is 21.1 Å². The first-order chi connectivity index (χ1) is 12.2. The summed E-state index contributed by atoms with van der Waals surface area (Å²) < 4.78 is 4.05. The number of nitrogens with two attached hydrogens (primary N) is 1. The van der Waals surface area contributed by atoms with E-state index in [9.17, 15) is 0 Å². The maximum Gasteiger partial charge on any atom is 0.106 e. The highest BCUT2D eigenvalue weighted by Crippen LogP contribution is 2.47. The maximum atomic E-state index is 5.78. The van der Waals surface area contributed by atoms with Crippen LogP contribution < -0.4 is 5.73 Å². The molecule has 0 atom stereocenters. The Bertz CT molecular complexity index is 984. The molecule has 1 aliphatic heterocycles. The predicted octanol–water partition coefficient (Wildman–Crippen LogP) is 7.93. The van der Waals surface area contributed by atoms with Crippen molar-refractivity contribution in [1.82, 2.24) is 0 Å². The SMILES string of the molecule is Nc1ccsc1-c1sccc1S.c1cc2c(s1)-c1sccc1SN=N2. The minimum atomic E-state index is 0.845. The smallest absolute Gasteiger partial charge is 0.106 e. The van der Waals surface area contributed by atoms with Gasteiger partial charge in [0.15, 0.2) is 0 Å². The van der Waals surface area contributed by atoms with Crippen LogP contribution in [0.1, 0.15) is 0 Å². The summed E-state index contributed by atoms with van der Waals surface area (Å²) in [6.45, 7) is 0. The van der Waals surface area contributed by atoms with Gasteiger partial charge in [-0.1, -0.05) is 0 Å². The van der Waals surface area contributed by atoms with Gasteiger partial charge in [-0.25, -0.2) is 0 Å². The molecular formula is C16H11N3S6. The lowest BCUT2D eigenvalue weighted by Crippen LogP contribution is -1.81. The summed E-state index contributed by atoms with van der Waals surface area (Å²) in [6, 6.07) is 8.02. The van der Waals surface area contributed by atoms with Gasteiger partial charge in [-0.2, -0.15) is 0 Å². The van der Waals surface area contributed by atoms with Gasteiger partial charge in [0.05, 0.1) is 30.1 Å². The molecule has 0 saturated carbocycles. The van der Waals surface area contributed by atoms with Crippen molar-refractivity contribution in [1.29, 1.82) is 0 Å². The van der Waals surface area contributed by atoms with Crippen LogP contribution in [0.15, 0.2) is 65.2 Å². The van der Waals surface area contributed by atoms with Crippen LogP contribution in [0.3, 0.4) is 0 Å². The zero-order valence-electron chi connectivity index (χ0n) is 12.6. The van der Waals surface area contributed by atoms with Gasteiger partial charge in [0.2, 0.25) is 0 Å². The number of thiophene rings is 4. The third-order valence-electron chi connectivity index (χ3n) is 3.31. The minimum absolute atomic E-state index is 0.845. The van der Waals surface area contributed by atoms with E-state index in [4.69, 9.17) is 5.73 Å². The lowest BCUT2D eigenvalue weighted by Gasteiger charge is -1.95. The van der Waals surface area contributed by atoms with Crippen molar-refractivity contribution in [2.45, 2.75) is 9.79 Å². The van der Waals surface area contributed by atoms with Crippen LogP contribution in [0.2, 0.25) is 0 Å². The number of anilines is 1. The van der Waals surface area contributed by atoms with E-state index < -0.39 is 0 Å². The molecule has 4 aromatic rings. The normalized spacial score (nSPS) is 12.0. The fourth-order valence-corrected chi connectivity index (χ4v) is 7.25. The Balaban J connectivity index is 0.000000126. The predicted molar refractivity (Wildman–Crippen MR) is 117 cm³/mol. The van der Waals surface area contributed by atoms with E-state index in [0.29, 0.717) is 0 Å². The van der Waals surface area contributed by atoms with E-state index >= 15 is 0 Å². The summed E-state index contributed by atoms with van der Waals surface area (Å²) in [5.41, 5.74) is 7.63.